The third kappa shape index (κ3) is 6.55. The average Bonchev–Trinajstić information content (AvgIpc) is 2.73. The van der Waals surface area contributed by atoms with E-state index < -0.39 is 17.7 Å². The fraction of sp³-hybridized carbons (Fsp3) is 0.231. The number of rotatable bonds is 10. The maximum atomic E-state index is 15.6. The van der Waals surface area contributed by atoms with Crippen LogP contribution in [0.1, 0.15) is 30.5 Å². The second-order valence-corrected chi connectivity index (χ2v) is 7.92. The lowest BCUT2D eigenvalue weighted by atomic mass is 9.98. The lowest BCUT2D eigenvalue weighted by Gasteiger charge is -2.17. The number of para-hydroxylation sites is 1. The summed E-state index contributed by atoms with van der Waals surface area (Å²) in [7, 11) is 0. The van der Waals surface area contributed by atoms with Crippen molar-refractivity contribution in [2.24, 2.45) is 5.73 Å². The number of aliphatic carboxylic acids is 1. The smallest absolute Gasteiger partial charge is 0.307 e. The highest BCUT2D eigenvalue weighted by molar-refractivity contribution is 5.77. The van der Waals surface area contributed by atoms with Gasteiger partial charge >= 0.3 is 5.97 Å². The van der Waals surface area contributed by atoms with Gasteiger partial charge in [0.2, 0.25) is 5.91 Å². The predicted molar refractivity (Wildman–Crippen MR) is 123 cm³/mol. The molecule has 3 N–H and O–H groups in total. The van der Waals surface area contributed by atoms with Gasteiger partial charge in [-0.05, 0) is 43.2 Å². The number of primary amides is 1. The molecule has 0 aliphatic rings. The van der Waals surface area contributed by atoms with E-state index >= 15 is 4.39 Å². The van der Waals surface area contributed by atoms with Crippen LogP contribution >= 0.6 is 0 Å². The Labute approximate surface area is 191 Å². The van der Waals surface area contributed by atoms with Crippen LogP contribution in [0, 0.1) is 5.82 Å². The summed E-state index contributed by atoms with van der Waals surface area (Å²) in [5.74, 6) is -1.10. The van der Waals surface area contributed by atoms with Crippen LogP contribution in [0.5, 0.6) is 11.5 Å². The van der Waals surface area contributed by atoms with Crippen LogP contribution in [-0.2, 0) is 29.0 Å². The molecule has 0 radical (unpaired) electrons. The van der Waals surface area contributed by atoms with Gasteiger partial charge in [0.25, 0.3) is 0 Å². The summed E-state index contributed by atoms with van der Waals surface area (Å²) in [5.41, 5.74) is 7.61. The topological polar surface area (TPSA) is 98.8 Å². The molecule has 33 heavy (non-hydrogen) atoms. The average molecular weight is 451 g/mol. The number of hydrogen-bond acceptors (Lipinski definition) is 4. The minimum Gasteiger partial charge on any atom is -0.491 e. The Bertz CT molecular complexity index is 1160. The molecular formula is C26H26FNO5. The van der Waals surface area contributed by atoms with Gasteiger partial charge in [0.1, 0.15) is 23.9 Å². The van der Waals surface area contributed by atoms with Crippen molar-refractivity contribution in [1.29, 1.82) is 0 Å². The third-order valence-corrected chi connectivity index (χ3v) is 4.81. The lowest BCUT2D eigenvalue weighted by Crippen LogP contribution is -2.13. The molecule has 6 nitrogen and oxygen atoms in total. The molecule has 1 amide bonds. The largest absolute Gasteiger partial charge is 0.491 e. The second kappa shape index (κ2) is 10.6. The fourth-order valence-electron chi connectivity index (χ4n) is 3.47. The summed E-state index contributed by atoms with van der Waals surface area (Å²) in [6.07, 6.45) is -0.282. The highest BCUT2D eigenvalue weighted by Gasteiger charge is 2.16. The van der Waals surface area contributed by atoms with Gasteiger partial charge in [-0.2, -0.15) is 0 Å². The van der Waals surface area contributed by atoms with E-state index in [9.17, 15) is 9.59 Å². The zero-order valence-electron chi connectivity index (χ0n) is 18.5. The first-order chi connectivity index (χ1) is 15.7. The van der Waals surface area contributed by atoms with Gasteiger partial charge in [-0.1, -0.05) is 42.5 Å². The van der Waals surface area contributed by atoms with Crippen LogP contribution in [0.15, 0.2) is 60.7 Å². The minimum atomic E-state index is -0.984. The molecule has 0 atom stereocenters. The number of carbonyl (C=O) groups is 2. The number of halogens is 1. The number of benzene rings is 3. The Kier molecular flexibility index (Phi) is 7.66. The molecule has 0 saturated heterocycles. The number of carbonyl (C=O) groups excluding carboxylic acids is 1. The fourth-order valence-corrected chi connectivity index (χ4v) is 3.47. The molecule has 0 fully saturated rings. The minimum absolute atomic E-state index is 0.0496. The van der Waals surface area contributed by atoms with Gasteiger partial charge in [-0.15, -0.1) is 0 Å². The molecule has 3 aromatic carbocycles. The Morgan fingerprint density at radius 3 is 2.45 bits per heavy atom. The quantitative estimate of drug-likeness (QED) is 0.472. The summed E-state index contributed by atoms with van der Waals surface area (Å²) in [6, 6.07) is 16.9. The number of amides is 1. The number of carboxylic acids is 1. The van der Waals surface area contributed by atoms with Gasteiger partial charge in [0, 0.05) is 16.7 Å². The molecular weight excluding hydrogens is 425 g/mol. The molecule has 0 saturated carbocycles. The Morgan fingerprint density at radius 2 is 1.76 bits per heavy atom. The second-order valence-electron chi connectivity index (χ2n) is 7.92. The van der Waals surface area contributed by atoms with E-state index in [1.165, 1.54) is 0 Å². The summed E-state index contributed by atoms with van der Waals surface area (Å²) < 4.78 is 27.2. The molecule has 0 unspecified atom stereocenters. The summed E-state index contributed by atoms with van der Waals surface area (Å²) in [5, 5.41) is 9.12. The standard InChI is InChI=1S/C26H26FNO5/c1-16(2)33-21-12-20(15-32-23-9-4-3-7-19(23)13-25(30)31)26(27)22(14-21)18-8-5-6-17(10-18)11-24(28)29/h3-10,12,14,16H,11,13,15H2,1-2H3,(H2,28,29)(H,30,31). The van der Waals surface area contributed by atoms with E-state index in [0.717, 1.165) is 0 Å². The number of hydrogen-bond donors (Lipinski definition) is 2. The third-order valence-electron chi connectivity index (χ3n) is 4.81. The number of nitrogens with two attached hydrogens (primary N) is 1. The first-order valence-electron chi connectivity index (χ1n) is 10.5. The van der Waals surface area contributed by atoms with Crippen molar-refractivity contribution in [2.75, 3.05) is 0 Å². The van der Waals surface area contributed by atoms with Gasteiger partial charge in [-0.25, -0.2) is 4.39 Å². The molecule has 172 valence electrons. The first-order valence-corrected chi connectivity index (χ1v) is 10.5. The molecule has 3 aromatic rings. The SMILES string of the molecule is CC(C)Oc1cc(COc2ccccc2CC(=O)O)c(F)c(-c2cccc(CC(N)=O)c2)c1. The number of ether oxygens (including phenoxy) is 2. The van der Waals surface area contributed by atoms with Crippen molar-refractivity contribution in [3.05, 3.63) is 83.2 Å². The highest BCUT2D eigenvalue weighted by Crippen LogP contribution is 2.32. The lowest BCUT2D eigenvalue weighted by molar-refractivity contribution is -0.136. The Hall–Kier alpha value is -3.87. The van der Waals surface area contributed by atoms with Crippen molar-refractivity contribution in [1.82, 2.24) is 0 Å². The van der Waals surface area contributed by atoms with E-state index in [4.69, 9.17) is 20.3 Å². The normalized spacial score (nSPS) is 10.8. The maximum absolute atomic E-state index is 15.6. The van der Waals surface area contributed by atoms with Crippen LogP contribution < -0.4 is 15.2 Å². The predicted octanol–water partition coefficient (Wildman–Crippen LogP) is 4.51. The molecule has 0 spiro atoms. The van der Waals surface area contributed by atoms with Crippen LogP contribution in [0.25, 0.3) is 11.1 Å². The van der Waals surface area contributed by atoms with Crippen molar-refractivity contribution >= 4 is 11.9 Å². The Balaban J connectivity index is 1.97. The molecule has 0 aromatic heterocycles. The van der Waals surface area contributed by atoms with Gasteiger partial charge in [-0.3, -0.25) is 9.59 Å². The van der Waals surface area contributed by atoms with Gasteiger partial charge in [0.05, 0.1) is 18.9 Å². The monoisotopic (exact) mass is 451 g/mol. The maximum Gasteiger partial charge on any atom is 0.307 e. The van der Waals surface area contributed by atoms with E-state index in [2.05, 4.69) is 0 Å². The summed E-state index contributed by atoms with van der Waals surface area (Å²) in [4.78, 5) is 22.4. The van der Waals surface area contributed by atoms with Gasteiger partial charge in [0.15, 0.2) is 0 Å². The summed E-state index contributed by atoms with van der Waals surface area (Å²) in [6.45, 7) is 3.62. The zero-order chi connectivity index (χ0) is 24.0. The molecule has 0 bridgehead atoms. The van der Waals surface area contributed by atoms with Crippen LogP contribution in [-0.4, -0.2) is 23.1 Å². The van der Waals surface area contributed by atoms with Crippen molar-refractivity contribution in [3.8, 4) is 22.6 Å². The van der Waals surface area contributed by atoms with Crippen molar-refractivity contribution in [2.45, 2.75) is 39.4 Å². The van der Waals surface area contributed by atoms with E-state index in [1.54, 1.807) is 60.7 Å². The molecule has 0 heterocycles. The molecule has 0 aliphatic carbocycles. The van der Waals surface area contributed by atoms with Crippen molar-refractivity contribution < 1.29 is 28.6 Å². The number of carboxylic acid groups (broad SMARTS) is 1. The summed E-state index contributed by atoms with van der Waals surface area (Å²) >= 11 is 0. The van der Waals surface area contributed by atoms with Crippen molar-refractivity contribution in [3.63, 3.8) is 0 Å². The molecule has 3 rings (SSSR count). The van der Waals surface area contributed by atoms with E-state index in [0.29, 0.717) is 33.8 Å². The van der Waals surface area contributed by atoms with E-state index in [1.807, 2.05) is 13.8 Å². The Morgan fingerprint density at radius 1 is 1.00 bits per heavy atom. The zero-order valence-corrected chi connectivity index (χ0v) is 18.5. The van der Waals surface area contributed by atoms with Crippen LogP contribution in [0.4, 0.5) is 4.39 Å². The molecule has 0 aliphatic heterocycles. The first kappa shape index (κ1) is 23.8. The van der Waals surface area contributed by atoms with E-state index in [-0.39, 0.29) is 31.1 Å². The molecule has 7 heteroatoms. The van der Waals surface area contributed by atoms with Crippen LogP contribution in [0.3, 0.4) is 0 Å². The van der Waals surface area contributed by atoms with Gasteiger partial charge < -0.3 is 20.3 Å². The highest BCUT2D eigenvalue weighted by atomic mass is 19.1. The van der Waals surface area contributed by atoms with Crippen LogP contribution in [0.2, 0.25) is 0 Å².